The third-order valence-corrected chi connectivity index (χ3v) is 27.0. The number of Topliss-reactive ketones (excluding diaryl/α,β-unsaturated/α-hetero) is 3. The predicted octanol–water partition coefficient (Wildman–Crippen LogP) is 31.0. The van der Waals surface area contributed by atoms with Crippen LogP contribution in [0.5, 0.6) is 0 Å². The number of halogens is 2. The Balaban J connectivity index is 0.000000218. The third kappa shape index (κ3) is 38.8. The van der Waals surface area contributed by atoms with E-state index in [0.29, 0.717) is 61.3 Å². The number of hydrogen-bond acceptors (Lipinski definition) is 7. The second-order valence-electron chi connectivity index (χ2n) is 34.1. The van der Waals surface area contributed by atoms with Gasteiger partial charge < -0.3 is 57.9 Å². The Hall–Kier alpha value is -9.82. The molecule has 4 aromatic heterocycles. The van der Waals surface area contributed by atoms with E-state index < -0.39 is 0 Å². The van der Waals surface area contributed by atoms with E-state index in [-0.39, 0.29) is 66.1 Å². The van der Waals surface area contributed by atoms with Gasteiger partial charge in [-0.2, -0.15) is 18.2 Å². The van der Waals surface area contributed by atoms with E-state index in [1.165, 1.54) is 153 Å². The van der Waals surface area contributed by atoms with E-state index in [2.05, 4.69) is 194 Å². The van der Waals surface area contributed by atoms with Crippen molar-refractivity contribution in [3.05, 3.63) is 462 Å². The molecular weight excluding hydrogens is 1970 g/mol. The van der Waals surface area contributed by atoms with Crippen LogP contribution >= 0.6 is 33.1 Å². The van der Waals surface area contributed by atoms with Gasteiger partial charge in [0.2, 0.25) is 0 Å². The predicted molar refractivity (Wildman–Crippen MR) is 555 cm³/mol. The van der Waals surface area contributed by atoms with Crippen molar-refractivity contribution in [3.63, 3.8) is 0 Å². The molecule has 0 saturated heterocycles. The molecule has 0 atom stereocenters. The molecule has 7 nitrogen and oxygen atoms in total. The molecule has 13 heteroatoms. The summed E-state index contributed by atoms with van der Waals surface area (Å²) in [6.45, 7) is 22.7. The number of carbonyl (C=O) groups is 3. The van der Waals surface area contributed by atoms with Gasteiger partial charge in [-0.3, -0.25) is 15.0 Å². The number of rotatable bonds is 28. The second-order valence-corrected chi connectivity index (χ2v) is 37.3. The standard InChI is InChI=1S/C33H49P.C18H16N2.3C17H16O.C13H12ClN.C5H4N.BrH.2Pd.Zn/c1-23(2)26-21-30(24(3)4)33(31(22-26)25(5)6)29-19-13-14-20-32(29)34(27-15-9-7-10-16-27)28-17-11-8-12-18-28;1-13-6-5-7-14(2)18(13)17-10-9-15(12-20-17)16-8-3-4-11-19-16;3*18-17(13-11-15-7-3-1-4-8-15)14-12-16-9-5-2-6-10-16;1-9-4-3-5-10(2)13(9)12-7-6-11(14)8-15-12;1-2-4-6-5-3-1;;;;/h13-14,19-25,27-28H,7-12,15-18H2,1-6H3;3-12H,1-2H3;3*1-10,13-14H,11-12H2;3-8H,1-2H3;1-4H;1H;;;/q;;3*-2;;-1;;;;+2/p-1. The fraction of sp³-hybridized carbons (Fsp3) is 0.258. The van der Waals surface area contributed by atoms with Crippen LogP contribution in [0.25, 0.3) is 44.9 Å². The van der Waals surface area contributed by atoms with E-state index >= 15 is 0 Å². The molecule has 0 radical (unpaired) electrons. The van der Waals surface area contributed by atoms with Crippen LogP contribution in [0, 0.1) is 72.4 Å². The molecule has 0 aliphatic heterocycles. The van der Waals surface area contributed by atoms with Crippen molar-refractivity contribution in [1.29, 1.82) is 0 Å². The molecule has 0 unspecified atom stereocenters. The van der Waals surface area contributed by atoms with E-state index in [4.69, 9.17) is 11.6 Å². The zero-order valence-corrected chi connectivity index (χ0v) is 88.4. The van der Waals surface area contributed by atoms with E-state index in [1.54, 1.807) is 90.7 Å². The molecule has 2 fully saturated rings. The van der Waals surface area contributed by atoms with Gasteiger partial charge in [-0.05, 0) is 174 Å². The van der Waals surface area contributed by atoms with Gasteiger partial charge in [0.1, 0.15) is 0 Å². The molecule has 14 aromatic rings. The first-order chi connectivity index (χ1) is 63.8. The average Bonchev–Trinajstić information content (AvgIpc) is 0.758. The van der Waals surface area contributed by atoms with Crippen molar-refractivity contribution in [1.82, 2.24) is 19.9 Å². The van der Waals surface area contributed by atoms with Gasteiger partial charge in [0.15, 0.2) is 0 Å². The Bertz CT molecular complexity index is 5090. The second kappa shape index (κ2) is 62.7. The van der Waals surface area contributed by atoms with E-state index in [9.17, 15) is 14.4 Å². The van der Waals surface area contributed by atoms with Gasteiger partial charge in [-0.25, -0.2) is 0 Å². The molecule has 2 saturated carbocycles. The number of benzene rings is 10. The van der Waals surface area contributed by atoms with Gasteiger partial charge in [0.25, 0.3) is 0 Å². The number of aromatic nitrogens is 4. The molecule has 2 aliphatic rings. The maximum atomic E-state index is 11.7. The number of hydrogen-bond donors (Lipinski definition) is 0. The summed E-state index contributed by atoms with van der Waals surface area (Å²) < 4.78 is 0. The Morgan fingerprint density at radius 3 is 0.992 bits per heavy atom. The number of aryl methyl sites for hydroxylation is 4. The summed E-state index contributed by atoms with van der Waals surface area (Å²) in [5.41, 5.74) is 28.1. The SMILES string of the molecule is CC(C)c1cc(C(C)C)c(-c2ccccc2P(C2CCCCC2)C2CCCCC2)c(C(C)C)c1.Cc1cccc(C)c1-c1ccc(-c2ccccn2)cn1.Cc1cccc(C)c1-c1ccc(Cl)cn1.O=C([CH-]Cc1ccccc1)[CH-]Cc1ccccc1.O=C([CH-]Cc1ccccc1)[CH-]Cc1ccccc1.O=C([CH-]Cc1ccccc1)[CH-]Cc1ccccc1.[Pd].[Pd].[Zn+][Br].[c-]1ccccn1. The first kappa shape index (κ1) is 110. The Labute approximate surface area is 847 Å². The maximum Gasteiger partial charge on any atom is -0.0813 e. The summed E-state index contributed by atoms with van der Waals surface area (Å²) in [7, 11) is -0.120. The molecular formula is C120H129BrClN4O3PPd2Zn-6. The van der Waals surface area contributed by atoms with Gasteiger partial charge >= 0.3 is 30.0 Å². The van der Waals surface area contributed by atoms with Crippen LogP contribution in [-0.4, -0.2) is 48.6 Å². The molecule has 0 amide bonds. The summed E-state index contributed by atoms with van der Waals surface area (Å²) in [6.07, 6.45) is 38.9. The molecule has 0 spiro atoms. The van der Waals surface area contributed by atoms with Gasteiger partial charge in [0.05, 0.1) is 22.1 Å². The van der Waals surface area contributed by atoms with Crippen LogP contribution < -0.4 is 5.30 Å². The van der Waals surface area contributed by atoms with Crippen LogP contribution in [0.3, 0.4) is 0 Å². The molecule has 694 valence electrons. The number of carbonyl (C=O) groups excluding carboxylic acids is 3. The smallest absolute Gasteiger partial charge is 0.0813 e. The fourth-order valence-electron chi connectivity index (χ4n) is 16.3. The number of nitrogens with zero attached hydrogens (tertiary/aromatic N) is 4. The van der Waals surface area contributed by atoms with Crippen molar-refractivity contribution >= 4 is 55.8 Å². The molecule has 16 rings (SSSR count). The molecule has 10 aromatic carbocycles. The van der Waals surface area contributed by atoms with Crippen molar-refractivity contribution in [2.24, 2.45) is 0 Å². The van der Waals surface area contributed by atoms with E-state index in [1.807, 2.05) is 231 Å². The van der Waals surface area contributed by atoms with Crippen LogP contribution in [-0.2, 0) is 110 Å². The minimum atomic E-state index is -0.120. The van der Waals surface area contributed by atoms with Gasteiger partial charge in [-0.15, -0.1) is 55.9 Å². The molecule has 0 bridgehead atoms. The molecule has 4 heterocycles. The van der Waals surface area contributed by atoms with Crippen LogP contribution in [0.1, 0.15) is 196 Å². The molecule has 0 N–H and O–H groups in total. The topological polar surface area (TPSA) is 103 Å². The van der Waals surface area contributed by atoms with Crippen molar-refractivity contribution < 1.29 is 71.6 Å². The van der Waals surface area contributed by atoms with Crippen molar-refractivity contribution in [3.8, 4) is 44.9 Å². The van der Waals surface area contributed by atoms with Gasteiger partial charge in [-0.1, -0.05) is 406 Å². The first-order valence-electron chi connectivity index (χ1n) is 46.4. The maximum absolute atomic E-state index is 11.7. The summed E-state index contributed by atoms with van der Waals surface area (Å²) >= 11 is 10.1. The molecule has 2 aliphatic carbocycles. The summed E-state index contributed by atoms with van der Waals surface area (Å²) in [4.78, 5) is 52.0. The Morgan fingerprint density at radius 2 is 0.707 bits per heavy atom. The number of ketones is 3. The normalized spacial score (nSPS) is 11.9. The summed E-state index contributed by atoms with van der Waals surface area (Å²) in [6, 6.07) is 107. The van der Waals surface area contributed by atoms with Crippen LogP contribution in [0.15, 0.2) is 340 Å². The van der Waals surface area contributed by atoms with Crippen LogP contribution in [0.2, 0.25) is 5.02 Å². The minimum Gasteiger partial charge on any atom is -0.394 e. The number of pyridine rings is 4. The van der Waals surface area contributed by atoms with E-state index in [0.717, 1.165) is 34.0 Å². The molecule has 133 heavy (non-hydrogen) atoms. The minimum absolute atomic E-state index is 0. The average molecular weight is 2100 g/mol. The zero-order valence-electron chi connectivity index (χ0n) is 79.1. The van der Waals surface area contributed by atoms with Crippen molar-refractivity contribution in [2.45, 2.75) is 201 Å². The van der Waals surface area contributed by atoms with Crippen LogP contribution in [0.4, 0.5) is 0 Å². The zero-order chi connectivity index (χ0) is 93.2. The monoisotopic (exact) mass is 2090 g/mol. The third-order valence-electron chi connectivity index (χ3n) is 23.3. The Kier molecular flexibility index (Phi) is 51.9. The summed E-state index contributed by atoms with van der Waals surface area (Å²) in [5.74, 6) is 1.94. The fourth-order valence-corrected chi connectivity index (χ4v) is 20.4. The van der Waals surface area contributed by atoms with Gasteiger partial charge in [0, 0.05) is 76.1 Å². The quantitative estimate of drug-likeness (QED) is 0.0273. The van der Waals surface area contributed by atoms with Crippen molar-refractivity contribution in [2.75, 3.05) is 0 Å². The summed E-state index contributed by atoms with van der Waals surface area (Å²) in [5, 5.41) is 2.42. The Morgan fingerprint density at radius 1 is 0.368 bits per heavy atom. The first-order valence-corrected chi connectivity index (χ1v) is 55.2. The largest absolute Gasteiger partial charge is 0.394 e.